The molecule has 0 saturated heterocycles. The first kappa shape index (κ1) is 11.9. The lowest BCUT2D eigenvalue weighted by Crippen LogP contribution is -2.34. The van der Waals surface area contributed by atoms with Crippen LogP contribution in [0.5, 0.6) is 0 Å². The van der Waals surface area contributed by atoms with E-state index in [2.05, 4.69) is 13.8 Å². The summed E-state index contributed by atoms with van der Waals surface area (Å²) in [6.45, 7) is 4.52. The van der Waals surface area contributed by atoms with Crippen molar-refractivity contribution in [1.29, 1.82) is 0 Å². The van der Waals surface area contributed by atoms with Gasteiger partial charge < -0.3 is 5.11 Å². The van der Waals surface area contributed by atoms with Gasteiger partial charge >= 0.3 is 5.97 Å². The molecule has 0 aliphatic heterocycles. The second kappa shape index (κ2) is 4.77. The molecular formula is C14H24O2. The van der Waals surface area contributed by atoms with Crippen molar-refractivity contribution in [3.05, 3.63) is 0 Å². The van der Waals surface area contributed by atoms with Gasteiger partial charge in [-0.1, -0.05) is 20.3 Å². The first-order valence-electron chi connectivity index (χ1n) is 6.81. The molecule has 0 aromatic carbocycles. The smallest absolute Gasteiger partial charge is 0.303 e. The first-order valence-corrected chi connectivity index (χ1v) is 6.81. The Labute approximate surface area is 98.4 Å². The Balaban J connectivity index is 2.08. The summed E-state index contributed by atoms with van der Waals surface area (Å²) in [6, 6.07) is 0. The third-order valence-corrected chi connectivity index (χ3v) is 4.67. The van der Waals surface area contributed by atoms with Crippen molar-refractivity contribution in [3.63, 3.8) is 0 Å². The highest BCUT2D eigenvalue weighted by atomic mass is 16.4. The SMILES string of the molecule is CC(C)C1CCCC(C2CC2)C1CC(=O)O. The van der Waals surface area contributed by atoms with Gasteiger partial charge in [0.1, 0.15) is 0 Å². The summed E-state index contributed by atoms with van der Waals surface area (Å²) < 4.78 is 0. The Morgan fingerprint density at radius 2 is 1.94 bits per heavy atom. The molecule has 2 nitrogen and oxygen atoms in total. The van der Waals surface area contributed by atoms with Gasteiger partial charge in [-0.05, 0) is 55.3 Å². The maximum Gasteiger partial charge on any atom is 0.303 e. The van der Waals surface area contributed by atoms with Crippen molar-refractivity contribution < 1.29 is 9.90 Å². The fourth-order valence-electron chi connectivity index (χ4n) is 3.78. The van der Waals surface area contributed by atoms with Gasteiger partial charge in [-0.2, -0.15) is 0 Å². The Morgan fingerprint density at radius 1 is 1.25 bits per heavy atom. The van der Waals surface area contributed by atoms with Crippen molar-refractivity contribution in [3.8, 4) is 0 Å². The van der Waals surface area contributed by atoms with Crippen LogP contribution >= 0.6 is 0 Å². The molecule has 0 heterocycles. The lowest BCUT2D eigenvalue weighted by Gasteiger charge is -2.40. The molecule has 2 aliphatic carbocycles. The normalized spacial score (nSPS) is 35.3. The molecule has 2 aliphatic rings. The van der Waals surface area contributed by atoms with Crippen LogP contribution in [-0.2, 0) is 4.79 Å². The Bertz CT molecular complexity index is 245. The van der Waals surface area contributed by atoms with Crippen molar-refractivity contribution in [2.75, 3.05) is 0 Å². The van der Waals surface area contributed by atoms with Gasteiger partial charge in [-0.15, -0.1) is 0 Å². The maximum absolute atomic E-state index is 11.0. The van der Waals surface area contributed by atoms with Crippen molar-refractivity contribution >= 4 is 5.97 Å². The lowest BCUT2D eigenvalue weighted by molar-refractivity contribution is -0.140. The molecule has 3 unspecified atom stereocenters. The number of carboxylic acids is 1. The molecule has 2 fully saturated rings. The van der Waals surface area contributed by atoms with Gasteiger partial charge in [0, 0.05) is 6.42 Å². The zero-order valence-electron chi connectivity index (χ0n) is 10.5. The number of rotatable bonds is 4. The lowest BCUT2D eigenvalue weighted by atomic mass is 9.65. The van der Waals surface area contributed by atoms with Crippen LogP contribution in [0, 0.1) is 29.6 Å². The van der Waals surface area contributed by atoms with Gasteiger partial charge in [-0.25, -0.2) is 0 Å². The van der Waals surface area contributed by atoms with Gasteiger partial charge in [0.25, 0.3) is 0 Å². The molecule has 0 aromatic rings. The van der Waals surface area contributed by atoms with E-state index < -0.39 is 5.97 Å². The number of hydrogen-bond donors (Lipinski definition) is 1. The standard InChI is InChI=1S/C14H24O2/c1-9(2)11-4-3-5-12(10-6-7-10)13(11)8-14(15)16/h9-13H,3-8H2,1-2H3,(H,15,16). The third-order valence-electron chi connectivity index (χ3n) is 4.67. The molecule has 16 heavy (non-hydrogen) atoms. The zero-order chi connectivity index (χ0) is 11.7. The van der Waals surface area contributed by atoms with Crippen LogP contribution in [-0.4, -0.2) is 11.1 Å². The summed E-state index contributed by atoms with van der Waals surface area (Å²) in [4.78, 5) is 11.0. The largest absolute Gasteiger partial charge is 0.481 e. The van der Waals surface area contributed by atoms with Crippen LogP contribution in [0.1, 0.15) is 52.4 Å². The Kier molecular flexibility index (Phi) is 3.56. The van der Waals surface area contributed by atoms with E-state index in [1.807, 2.05) is 0 Å². The second-order valence-corrected chi connectivity index (χ2v) is 6.10. The summed E-state index contributed by atoms with van der Waals surface area (Å²) >= 11 is 0. The average molecular weight is 224 g/mol. The minimum atomic E-state index is -0.594. The van der Waals surface area contributed by atoms with Crippen LogP contribution < -0.4 is 0 Å². The summed E-state index contributed by atoms with van der Waals surface area (Å²) in [6.07, 6.45) is 6.96. The van der Waals surface area contributed by atoms with E-state index in [1.165, 1.54) is 32.1 Å². The summed E-state index contributed by atoms with van der Waals surface area (Å²) in [5.41, 5.74) is 0. The predicted molar refractivity (Wildman–Crippen MR) is 64.1 cm³/mol. The number of aliphatic carboxylic acids is 1. The monoisotopic (exact) mass is 224 g/mol. The molecule has 1 N–H and O–H groups in total. The summed E-state index contributed by atoms with van der Waals surface area (Å²) in [5, 5.41) is 9.09. The highest BCUT2D eigenvalue weighted by Gasteiger charge is 2.43. The van der Waals surface area contributed by atoms with Crippen molar-refractivity contribution in [1.82, 2.24) is 0 Å². The molecule has 2 saturated carbocycles. The minimum absolute atomic E-state index is 0.407. The van der Waals surface area contributed by atoms with Crippen LogP contribution in [0.2, 0.25) is 0 Å². The average Bonchev–Trinajstić information content (AvgIpc) is 3.00. The summed E-state index contributed by atoms with van der Waals surface area (Å²) in [5.74, 6) is 2.74. The van der Waals surface area contributed by atoms with E-state index in [1.54, 1.807) is 0 Å². The van der Waals surface area contributed by atoms with Gasteiger partial charge in [0.2, 0.25) is 0 Å². The first-order chi connectivity index (χ1) is 7.59. The van der Waals surface area contributed by atoms with E-state index in [0.717, 1.165) is 11.8 Å². The fraction of sp³-hybridized carbons (Fsp3) is 0.929. The van der Waals surface area contributed by atoms with Crippen molar-refractivity contribution in [2.45, 2.75) is 52.4 Å². The van der Waals surface area contributed by atoms with E-state index in [-0.39, 0.29) is 0 Å². The molecular weight excluding hydrogens is 200 g/mol. The Hall–Kier alpha value is -0.530. The molecule has 3 atom stereocenters. The molecule has 92 valence electrons. The molecule has 0 bridgehead atoms. The van der Waals surface area contributed by atoms with E-state index in [9.17, 15) is 4.79 Å². The van der Waals surface area contributed by atoms with Gasteiger partial charge in [0.05, 0.1) is 0 Å². The number of carboxylic acid groups (broad SMARTS) is 1. The molecule has 0 radical (unpaired) electrons. The van der Waals surface area contributed by atoms with E-state index in [0.29, 0.717) is 24.2 Å². The summed E-state index contributed by atoms with van der Waals surface area (Å²) in [7, 11) is 0. The Morgan fingerprint density at radius 3 is 2.44 bits per heavy atom. The molecule has 0 amide bonds. The molecule has 2 heteroatoms. The maximum atomic E-state index is 11.0. The van der Waals surface area contributed by atoms with Crippen LogP contribution in [0.3, 0.4) is 0 Å². The topological polar surface area (TPSA) is 37.3 Å². The quantitative estimate of drug-likeness (QED) is 0.792. The molecule has 0 spiro atoms. The predicted octanol–water partition coefficient (Wildman–Crippen LogP) is 3.56. The van der Waals surface area contributed by atoms with Crippen LogP contribution in [0.15, 0.2) is 0 Å². The van der Waals surface area contributed by atoms with Crippen LogP contribution in [0.4, 0.5) is 0 Å². The number of hydrogen-bond acceptors (Lipinski definition) is 1. The van der Waals surface area contributed by atoms with Crippen LogP contribution in [0.25, 0.3) is 0 Å². The van der Waals surface area contributed by atoms with Gasteiger partial charge in [-0.3, -0.25) is 4.79 Å². The molecule has 2 rings (SSSR count). The van der Waals surface area contributed by atoms with Gasteiger partial charge in [0.15, 0.2) is 0 Å². The zero-order valence-corrected chi connectivity index (χ0v) is 10.5. The van der Waals surface area contributed by atoms with E-state index in [4.69, 9.17) is 5.11 Å². The third kappa shape index (κ3) is 2.58. The van der Waals surface area contributed by atoms with Crippen molar-refractivity contribution in [2.24, 2.45) is 29.6 Å². The highest BCUT2D eigenvalue weighted by Crippen LogP contribution is 2.51. The fourth-order valence-corrected chi connectivity index (χ4v) is 3.78. The highest BCUT2D eigenvalue weighted by molar-refractivity contribution is 5.67. The molecule has 0 aromatic heterocycles. The minimum Gasteiger partial charge on any atom is -0.481 e. The van der Waals surface area contributed by atoms with E-state index >= 15 is 0 Å². The second-order valence-electron chi connectivity index (χ2n) is 6.10. The number of carbonyl (C=O) groups is 1.